The molecule has 126 valence electrons. The molecule has 1 aliphatic rings. The average Bonchev–Trinajstić information content (AvgIpc) is 2.86. The zero-order chi connectivity index (χ0) is 17.0. The highest BCUT2D eigenvalue weighted by molar-refractivity contribution is 7.91. The Bertz CT molecular complexity index is 682. The second-order valence-electron chi connectivity index (χ2n) is 5.36. The first-order chi connectivity index (χ1) is 10.8. The van der Waals surface area contributed by atoms with Gasteiger partial charge < -0.3 is 14.7 Å². The van der Waals surface area contributed by atoms with E-state index in [0.29, 0.717) is 13.0 Å². The molecule has 0 bridgehead atoms. The molecule has 1 atom stereocenters. The first-order valence-corrected chi connectivity index (χ1v) is 9.10. The fraction of sp³-hybridized carbons (Fsp3) is 0.467. The van der Waals surface area contributed by atoms with Crippen LogP contribution in [-0.4, -0.2) is 61.0 Å². The van der Waals surface area contributed by atoms with Crippen LogP contribution in [-0.2, 0) is 19.4 Å². The maximum atomic E-state index is 12.2. The van der Waals surface area contributed by atoms with E-state index in [1.54, 1.807) is 6.92 Å². The van der Waals surface area contributed by atoms with Crippen molar-refractivity contribution in [2.45, 2.75) is 19.4 Å². The highest BCUT2D eigenvalue weighted by Crippen LogP contribution is 2.18. The van der Waals surface area contributed by atoms with E-state index in [2.05, 4.69) is 0 Å². The Morgan fingerprint density at radius 2 is 1.96 bits per heavy atom. The summed E-state index contributed by atoms with van der Waals surface area (Å²) in [5, 5.41) is 9.16. The summed E-state index contributed by atoms with van der Waals surface area (Å²) < 4.78 is 28.0. The van der Waals surface area contributed by atoms with Crippen molar-refractivity contribution >= 4 is 21.7 Å². The van der Waals surface area contributed by atoms with E-state index in [0.717, 1.165) is 0 Å². The fourth-order valence-electron chi connectivity index (χ4n) is 2.55. The lowest BCUT2D eigenvalue weighted by molar-refractivity contribution is -0.136. The van der Waals surface area contributed by atoms with E-state index in [4.69, 9.17) is 9.84 Å². The van der Waals surface area contributed by atoms with Crippen LogP contribution in [0.2, 0.25) is 0 Å². The first kappa shape index (κ1) is 17.3. The number of esters is 1. The molecule has 1 saturated heterocycles. The van der Waals surface area contributed by atoms with E-state index in [1.807, 2.05) is 0 Å². The molecule has 1 N–H and O–H groups in total. The predicted octanol–water partition coefficient (Wildman–Crippen LogP) is 0.585. The molecule has 8 heteroatoms. The maximum absolute atomic E-state index is 12.2. The van der Waals surface area contributed by atoms with Gasteiger partial charge in [0.1, 0.15) is 5.75 Å². The van der Waals surface area contributed by atoms with Crippen LogP contribution < -0.4 is 0 Å². The van der Waals surface area contributed by atoms with E-state index < -0.39 is 28.3 Å². The number of hydrogen-bond donors (Lipinski definition) is 1. The molecule has 7 nitrogen and oxygen atoms in total. The Balaban J connectivity index is 1.92. The molecule has 1 fully saturated rings. The SMILES string of the molecule is CCN(C(=O)COC(=O)c1ccc(O)cc1)C1CCS(=O)(=O)C1. The summed E-state index contributed by atoms with van der Waals surface area (Å²) in [5.74, 6) is -1.03. The number of phenolic OH excluding ortho intramolecular Hbond substituents is 1. The van der Waals surface area contributed by atoms with Crippen LogP contribution in [0.3, 0.4) is 0 Å². The number of phenols is 1. The van der Waals surface area contributed by atoms with Crippen molar-refractivity contribution in [2.24, 2.45) is 0 Å². The minimum atomic E-state index is -3.09. The minimum absolute atomic E-state index is 0.0252. The number of aromatic hydroxyl groups is 1. The van der Waals surface area contributed by atoms with Crippen LogP contribution in [0, 0.1) is 0 Å². The topological polar surface area (TPSA) is 101 Å². The number of benzene rings is 1. The van der Waals surface area contributed by atoms with Gasteiger partial charge in [0.15, 0.2) is 16.4 Å². The highest BCUT2D eigenvalue weighted by atomic mass is 32.2. The van der Waals surface area contributed by atoms with Crippen molar-refractivity contribution in [1.29, 1.82) is 0 Å². The molecule has 1 aromatic rings. The zero-order valence-electron chi connectivity index (χ0n) is 12.8. The van der Waals surface area contributed by atoms with E-state index in [-0.39, 0.29) is 28.9 Å². The molecule has 1 heterocycles. The number of likely N-dealkylation sites (N-methyl/N-ethyl adjacent to an activating group) is 1. The smallest absolute Gasteiger partial charge is 0.338 e. The summed E-state index contributed by atoms with van der Waals surface area (Å²) >= 11 is 0. The fourth-order valence-corrected chi connectivity index (χ4v) is 4.28. The van der Waals surface area contributed by atoms with Crippen LogP contribution >= 0.6 is 0 Å². The summed E-state index contributed by atoms with van der Waals surface area (Å²) in [6, 6.07) is 5.12. The molecule has 0 saturated carbocycles. The van der Waals surface area contributed by atoms with Crippen molar-refractivity contribution in [3.8, 4) is 5.75 Å². The van der Waals surface area contributed by atoms with Crippen LogP contribution in [0.5, 0.6) is 5.75 Å². The Hall–Kier alpha value is -2.09. The monoisotopic (exact) mass is 341 g/mol. The third-order valence-corrected chi connectivity index (χ3v) is 5.49. The summed E-state index contributed by atoms with van der Waals surface area (Å²) in [7, 11) is -3.09. The van der Waals surface area contributed by atoms with Gasteiger partial charge in [-0.15, -0.1) is 0 Å². The van der Waals surface area contributed by atoms with Crippen LogP contribution in [0.4, 0.5) is 0 Å². The molecule has 0 spiro atoms. The normalized spacial score (nSPS) is 19.3. The number of amides is 1. The zero-order valence-corrected chi connectivity index (χ0v) is 13.6. The minimum Gasteiger partial charge on any atom is -0.508 e. The van der Waals surface area contributed by atoms with Crippen LogP contribution in [0.1, 0.15) is 23.7 Å². The van der Waals surface area contributed by atoms with Crippen molar-refractivity contribution in [3.63, 3.8) is 0 Å². The molecule has 0 aliphatic carbocycles. The van der Waals surface area contributed by atoms with Crippen LogP contribution in [0.15, 0.2) is 24.3 Å². The third kappa shape index (κ3) is 4.44. The summed E-state index contributed by atoms with van der Waals surface area (Å²) in [5.41, 5.74) is 0.224. The molecule has 1 aromatic carbocycles. The van der Waals surface area contributed by atoms with Crippen molar-refractivity contribution in [2.75, 3.05) is 24.7 Å². The second kappa shape index (κ2) is 6.99. The Kier molecular flexibility index (Phi) is 5.25. The third-order valence-electron chi connectivity index (χ3n) is 3.74. The number of carbonyl (C=O) groups excluding carboxylic acids is 2. The van der Waals surface area contributed by atoms with Crippen molar-refractivity contribution in [1.82, 2.24) is 4.90 Å². The lowest BCUT2D eigenvalue weighted by Gasteiger charge is -2.26. The van der Waals surface area contributed by atoms with Gasteiger partial charge in [-0.25, -0.2) is 13.2 Å². The summed E-state index contributed by atoms with van der Waals surface area (Å²) in [6.07, 6.45) is 0.411. The summed E-state index contributed by atoms with van der Waals surface area (Å²) in [4.78, 5) is 25.4. The Morgan fingerprint density at radius 3 is 2.48 bits per heavy atom. The van der Waals surface area contributed by atoms with Gasteiger partial charge in [0, 0.05) is 12.6 Å². The number of nitrogens with zero attached hydrogens (tertiary/aromatic N) is 1. The summed E-state index contributed by atoms with van der Waals surface area (Å²) in [6.45, 7) is 1.67. The Morgan fingerprint density at radius 1 is 1.30 bits per heavy atom. The van der Waals surface area contributed by atoms with E-state index in [1.165, 1.54) is 29.2 Å². The van der Waals surface area contributed by atoms with Crippen molar-refractivity contribution < 1.29 is 27.9 Å². The first-order valence-electron chi connectivity index (χ1n) is 7.28. The van der Waals surface area contributed by atoms with Crippen LogP contribution in [0.25, 0.3) is 0 Å². The predicted molar refractivity (Wildman–Crippen MR) is 82.8 cm³/mol. The number of rotatable bonds is 5. The molecule has 0 radical (unpaired) electrons. The lowest BCUT2D eigenvalue weighted by atomic mass is 10.2. The van der Waals surface area contributed by atoms with Gasteiger partial charge in [0.2, 0.25) is 0 Å². The van der Waals surface area contributed by atoms with Gasteiger partial charge >= 0.3 is 5.97 Å². The largest absolute Gasteiger partial charge is 0.508 e. The van der Waals surface area contributed by atoms with Gasteiger partial charge in [0.05, 0.1) is 17.1 Å². The van der Waals surface area contributed by atoms with Gasteiger partial charge in [0.25, 0.3) is 5.91 Å². The molecule has 1 aliphatic heterocycles. The van der Waals surface area contributed by atoms with Gasteiger partial charge in [-0.2, -0.15) is 0 Å². The average molecular weight is 341 g/mol. The van der Waals surface area contributed by atoms with Gasteiger partial charge in [-0.3, -0.25) is 4.79 Å². The van der Waals surface area contributed by atoms with Gasteiger partial charge in [-0.1, -0.05) is 0 Å². The maximum Gasteiger partial charge on any atom is 0.338 e. The number of hydrogen-bond acceptors (Lipinski definition) is 6. The molecule has 0 aromatic heterocycles. The lowest BCUT2D eigenvalue weighted by Crippen LogP contribution is -2.43. The number of carbonyl (C=O) groups is 2. The van der Waals surface area contributed by atoms with Gasteiger partial charge in [-0.05, 0) is 37.6 Å². The molecule has 2 rings (SSSR count). The molecule has 23 heavy (non-hydrogen) atoms. The highest BCUT2D eigenvalue weighted by Gasteiger charge is 2.34. The number of ether oxygens (including phenoxy) is 1. The Labute approximate surface area is 134 Å². The standard InChI is InChI=1S/C15H19NO6S/c1-2-16(12-7-8-23(20,21)10-12)14(18)9-22-15(19)11-3-5-13(17)6-4-11/h3-6,12,17H,2,7-10H2,1H3. The second-order valence-corrected chi connectivity index (χ2v) is 7.59. The molecule has 1 unspecified atom stereocenters. The molecular weight excluding hydrogens is 322 g/mol. The van der Waals surface area contributed by atoms with Crippen molar-refractivity contribution in [3.05, 3.63) is 29.8 Å². The molecule has 1 amide bonds. The van der Waals surface area contributed by atoms with E-state index >= 15 is 0 Å². The molecular formula is C15H19NO6S. The van der Waals surface area contributed by atoms with E-state index in [9.17, 15) is 18.0 Å². The quantitative estimate of drug-likeness (QED) is 0.787. The number of sulfone groups is 1.